The molecular formula is C22H24O10. The Balaban J connectivity index is 1.86. The molecule has 7 N–H and O–H groups in total. The van der Waals surface area contributed by atoms with Gasteiger partial charge in [0.25, 0.3) is 0 Å². The van der Waals surface area contributed by atoms with Crippen molar-refractivity contribution >= 4 is 5.78 Å². The number of aliphatic hydroxyl groups excluding tert-OH is 4. The van der Waals surface area contributed by atoms with Gasteiger partial charge in [0.1, 0.15) is 65.2 Å². The van der Waals surface area contributed by atoms with E-state index in [1.165, 1.54) is 19.1 Å². The van der Waals surface area contributed by atoms with Gasteiger partial charge in [-0.2, -0.15) is 0 Å². The molecule has 0 aromatic heterocycles. The number of hydrogen-bond donors (Lipinski definition) is 7. The van der Waals surface area contributed by atoms with E-state index in [2.05, 4.69) is 0 Å². The molecule has 2 aliphatic rings. The summed E-state index contributed by atoms with van der Waals surface area (Å²) in [7, 11) is 0. The zero-order valence-corrected chi connectivity index (χ0v) is 17.0. The number of Topliss-reactive ketones (excluding diaryl/α,β-unsaturated/α-hetero) is 1. The normalized spacial score (nSPS) is 30.0. The predicted octanol–water partition coefficient (Wildman–Crippen LogP) is 0.333. The fourth-order valence-electron chi connectivity index (χ4n) is 4.17. The molecule has 1 fully saturated rings. The van der Waals surface area contributed by atoms with Crippen molar-refractivity contribution < 1.29 is 50.0 Å². The Hall–Kier alpha value is -2.89. The number of aromatic hydroxyl groups is 3. The first-order valence-corrected chi connectivity index (χ1v) is 10.0. The number of hydrogen-bond acceptors (Lipinski definition) is 10. The lowest BCUT2D eigenvalue weighted by molar-refractivity contribution is -0.232. The van der Waals surface area contributed by atoms with Gasteiger partial charge >= 0.3 is 0 Å². The van der Waals surface area contributed by atoms with Crippen LogP contribution in [0.1, 0.15) is 45.7 Å². The second kappa shape index (κ2) is 8.23. The van der Waals surface area contributed by atoms with E-state index in [0.29, 0.717) is 5.56 Å². The minimum atomic E-state index is -1.74. The average molecular weight is 448 g/mol. The van der Waals surface area contributed by atoms with E-state index in [-0.39, 0.29) is 34.6 Å². The number of aliphatic hydroxyl groups is 4. The van der Waals surface area contributed by atoms with Gasteiger partial charge in [0, 0.05) is 5.56 Å². The van der Waals surface area contributed by atoms with E-state index in [1.54, 1.807) is 12.1 Å². The highest BCUT2D eigenvalue weighted by Gasteiger charge is 2.48. The van der Waals surface area contributed by atoms with Gasteiger partial charge in [0.15, 0.2) is 5.78 Å². The average Bonchev–Trinajstić information content (AvgIpc) is 2.77. The lowest BCUT2D eigenvalue weighted by atomic mass is 9.85. The molecule has 2 aromatic carbocycles. The summed E-state index contributed by atoms with van der Waals surface area (Å²) in [6.45, 7) is 0.676. The van der Waals surface area contributed by atoms with E-state index in [1.807, 2.05) is 0 Å². The van der Waals surface area contributed by atoms with Gasteiger partial charge < -0.3 is 45.2 Å². The summed E-state index contributed by atoms with van der Waals surface area (Å²) >= 11 is 0. The van der Waals surface area contributed by atoms with Crippen molar-refractivity contribution in [3.63, 3.8) is 0 Å². The lowest BCUT2D eigenvalue weighted by Gasteiger charge is -2.41. The second-order valence-electron chi connectivity index (χ2n) is 8.01. The van der Waals surface area contributed by atoms with Gasteiger partial charge in [-0.1, -0.05) is 12.1 Å². The van der Waals surface area contributed by atoms with Crippen molar-refractivity contribution in [3.8, 4) is 23.0 Å². The molecule has 4 rings (SSSR count). The van der Waals surface area contributed by atoms with Crippen LogP contribution in [0.5, 0.6) is 23.0 Å². The third kappa shape index (κ3) is 3.46. The Morgan fingerprint density at radius 3 is 2.25 bits per heavy atom. The Bertz CT molecular complexity index is 1030. The molecule has 6 atom stereocenters. The first-order valence-electron chi connectivity index (χ1n) is 10.0. The standard InChI is InChI=1S/C22H24O10/c1-8-16(26)14-11(25)6-12(9-2-4-10(24)5-3-9)31-21(14)15(17(8)27)22-20(30)19(29)18(28)13(7-23)32-22/h2-5,12-13,18-20,22-24,26-30H,6-7H2,1H3/t12-,13+,18-,19+,20-,22-/m0/s1. The Morgan fingerprint density at radius 1 is 0.969 bits per heavy atom. The molecule has 10 nitrogen and oxygen atoms in total. The summed E-state index contributed by atoms with van der Waals surface area (Å²) in [5, 5.41) is 71.2. The molecule has 0 saturated carbocycles. The maximum absolute atomic E-state index is 13.0. The smallest absolute Gasteiger partial charge is 0.174 e. The van der Waals surface area contributed by atoms with Crippen molar-refractivity contribution in [2.24, 2.45) is 0 Å². The van der Waals surface area contributed by atoms with Crippen LogP contribution in [0.3, 0.4) is 0 Å². The summed E-state index contributed by atoms with van der Waals surface area (Å²) in [6.07, 6.45) is -8.78. The molecule has 0 aliphatic carbocycles. The van der Waals surface area contributed by atoms with Crippen LogP contribution in [0.25, 0.3) is 0 Å². The highest BCUT2D eigenvalue weighted by Crippen LogP contribution is 2.52. The van der Waals surface area contributed by atoms with Crippen molar-refractivity contribution in [3.05, 3.63) is 46.5 Å². The number of phenolic OH excluding ortho intramolecular Hbond substituents is 3. The van der Waals surface area contributed by atoms with Crippen LogP contribution < -0.4 is 4.74 Å². The zero-order chi connectivity index (χ0) is 23.3. The van der Waals surface area contributed by atoms with Crippen LogP contribution in [0.2, 0.25) is 0 Å². The first-order chi connectivity index (χ1) is 15.1. The summed E-state index contributed by atoms with van der Waals surface area (Å²) in [5.41, 5.74) is 0.0863. The number of fused-ring (bicyclic) bond motifs is 1. The Morgan fingerprint density at radius 2 is 1.62 bits per heavy atom. The van der Waals surface area contributed by atoms with Gasteiger partial charge in [-0.05, 0) is 24.6 Å². The molecule has 0 bridgehead atoms. The van der Waals surface area contributed by atoms with Gasteiger partial charge in [-0.15, -0.1) is 0 Å². The SMILES string of the molecule is Cc1c(O)c2c(c([C@@H]3O[C@H](CO)[C@H](O)[C@@H](O)[C@@H]3O)c1O)O[C@H](c1ccc(O)cc1)CC2=O. The number of rotatable bonds is 3. The number of ether oxygens (including phenoxy) is 2. The zero-order valence-electron chi connectivity index (χ0n) is 17.0. The number of ketones is 1. The molecule has 2 aromatic rings. The molecule has 2 heterocycles. The number of carbonyl (C=O) groups is 1. The quantitative estimate of drug-likeness (QED) is 0.346. The van der Waals surface area contributed by atoms with Crippen LogP contribution in [0.15, 0.2) is 24.3 Å². The largest absolute Gasteiger partial charge is 0.508 e. The molecule has 0 radical (unpaired) electrons. The van der Waals surface area contributed by atoms with Crippen molar-refractivity contribution in [2.45, 2.75) is 50.0 Å². The molecule has 0 spiro atoms. The number of phenols is 3. The molecule has 0 amide bonds. The topological polar surface area (TPSA) is 177 Å². The monoisotopic (exact) mass is 448 g/mol. The van der Waals surface area contributed by atoms with Crippen molar-refractivity contribution in [1.29, 1.82) is 0 Å². The summed E-state index contributed by atoms with van der Waals surface area (Å²) in [4.78, 5) is 13.0. The van der Waals surface area contributed by atoms with Gasteiger partial charge in [-0.3, -0.25) is 4.79 Å². The van der Waals surface area contributed by atoms with E-state index in [9.17, 15) is 40.5 Å². The van der Waals surface area contributed by atoms with Gasteiger partial charge in [0.2, 0.25) is 0 Å². The molecule has 0 unspecified atom stereocenters. The van der Waals surface area contributed by atoms with Crippen LogP contribution in [0, 0.1) is 6.92 Å². The summed E-state index contributed by atoms with van der Waals surface area (Å²) < 4.78 is 11.6. The summed E-state index contributed by atoms with van der Waals surface area (Å²) in [6, 6.07) is 5.95. The first kappa shape index (κ1) is 22.3. The predicted molar refractivity (Wildman–Crippen MR) is 108 cm³/mol. The fourth-order valence-corrected chi connectivity index (χ4v) is 4.17. The van der Waals surface area contributed by atoms with Crippen molar-refractivity contribution in [2.75, 3.05) is 6.61 Å². The highest BCUT2D eigenvalue weighted by atomic mass is 16.5. The van der Waals surface area contributed by atoms with Crippen LogP contribution in [-0.4, -0.2) is 72.6 Å². The molecule has 2 aliphatic heterocycles. The van der Waals surface area contributed by atoms with E-state index in [0.717, 1.165) is 0 Å². The minimum Gasteiger partial charge on any atom is -0.508 e. The molecule has 1 saturated heterocycles. The van der Waals surface area contributed by atoms with Gasteiger partial charge in [0.05, 0.1) is 18.6 Å². The highest BCUT2D eigenvalue weighted by molar-refractivity contribution is 6.04. The molecule has 10 heteroatoms. The Labute approximate surface area is 182 Å². The molecule has 172 valence electrons. The third-order valence-electron chi connectivity index (χ3n) is 6.03. The number of benzene rings is 2. The van der Waals surface area contributed by atoms with Crippen LogP contribution >= 0.6 is 0 Å². The van der Waals surface area contributed by atoms with Crippen LogP contribution in [0.4, 0.5) is 0 Å². The van der Waals surface area contributed by atoms with Crippen molar-refractivity contribution in [1.82, 2.24) is 0 Å². The van der Waals surface area contributed by atoms with Crippen LogP contribution in [-0.2, 0) is 4.74 Å². The maximum Gasteiger partial charge on any atom is 0.174 e. The van der Waals surface area contributed by atoms with E-state index >= 15 is 0 Å². The minimum absolute atomic E-state index is 0.0178. The lowest BCUT2D eigenvalue weighted by Crippen LogP contribution is -2.55. The maximum atomic E-state index is 13.0. The fraction of sp³-hybridized carbons (Fsp3) is 0.409. The molecule has 32 heavy (non-hydrogen) atoms. The Kier molecular flexibility index (Phi) is 5.74. The van der Waals surface area contributed by atoms with Gasteiger partial charge in [-0.25, -0.2) is 0 Å². The second-order valence-corrected chi connectivity index (χ2v) is 8.01. The summed E-state index contributed by atoms with van der Waals surface area (Å²) in [5.74, 6) is -1.71. The van der Waals surface area contributed by atoms with E-state index in [4.69, 9.17) is 9.47 Å². The molecular weight excluding hydrogens is 424 g/mol. The van der Waals surface area contributed by atoms with E-state index < -0.39 is 60.5 Å². The third-order valence-corrected chi connectivity index (χ3v) is 6.03. The number of carbonyl (C=O) groups excluding carboxylic acids is 1.